The van der Waals surface area contributed by atoms with E-state index >= 15 is 0 Å². The summed E-state index contributed by atoms with van der Waals surface area (Å²) >= 11 is 1.08. The molecule has 1 aromatic carbocycles. The molecule has 206 valence electrons. The Morgan fingerprint density at radius 2 is 1.87 bits per heavy atom. The zero-order valence-electron chi connectivity index (χ0n) is 20.5. The number of benzene rings is 1. The fraction of sp³-hybridized carbons (Fsp3) is 0.348. The monoisotopic (exact) mass is 557 g/mol. The van der Waals surface area contributed by atoms with Gasteiger partial charge in [-0.2, -0.15) is 18.3 Å². The van der Waals surface area contributed by atoms with Gasteiger partial charge in [0.15, 0.2) is 0 Å². The number of H-pyrrole nitrogens is 1. The quantitative estimate of drug-likeness (QED) is 0.262. The van der Waals surface area contributed by atoms with Crippen LogP contribution in [-0.2, 0) is 20.9 Å². The molecule has 3 rings (SSSR count). The van der Waals surface area contributed by atoms with Crippen LogP contribution in [0.1, 0.15) is 50.2 Å². The number of methoxy groups -OCH3 is 1. The highest BCUT2D eigenvalue weighted by Gasteiger charge is 2.38. The normalized spacial score (nSPS) is 11.9. The summed E-state index contributed by atoms with van der Waals surface area (Å²) < 4.78 is 36.4. The highest BCUT2D eigenvalue weighted by Crippen LogP contribution is 2.29. The number of nitrogens with one attached hydrogen (secondary N) is 3. The molecule has 2 amide bonds. The van der Waals surface area contributed by atoms with Crippen LogP contribution in [0.2, 0.25) is 0 Å². The number of aliphatic carboxylic acids is 1. The number of hydrogen-bond acceptors (Lipinski definition) is 8. The van der Waals surface area contributed by atoms with Crippen molar-refractivity contribution < 1.29 is 42.2 Å². The van der Waals surface area contributed by atoms with E-state index in [1.54, 1.807) is 12.3 Å². The molecule has 0 fully saturated rings. The number of carboxylic acids is 1. The molecule has 0 saturated carbocycles. The number of hydrogen-bond donors (Lipinski definition) is 5. The molecular formula is C23H26F3N5O6S. The smallest absolute Gasteiger partial charge is 0.475 e. The van der Waals surface area contributed by atoms with Gasteiger partial charge in [-0.25, -0.2) is 9.59 Å². The summed E-state index contributed by atoms with van der Waals surface area (Å²) in [5.74, 6) is -4.11. The zero-order chi connectivity index (χ0) is 28.6. The minimum absolute atomic E-state index is 0.00711. The maximum atomic E-state index is 12.8. The van der Waals surface area contributed by atoms with Gasteiger partial charge in [0.2, 0.25) is 0 Å². The fourth-order valence-electron chi connectivity index (χ4n) is 3.15. The van der Waals surface area contributed by atoms with Crippen molar-refractivity contribution in [3.05, 3.63) is 51.3 Å². The second-order valence-electron chi connectivity index (χ2n) is 8.07. The van der Waals surface area contributed by atoms with Crippen LogP contribution < -0.4 is 16.4 Å². The first-order chi connectivity index (χ1) is 17.8. The first-order valence-electron chi connectivity index (χ1n) is 11.0. The van der Waals surface area contributed by atoms with Gasteiger partial charge in [-0.05, 0) is 29.2 Å². The molecule has 0 bridgehead atoms. The van der Waals surface area contributed by atoms with E-state index in [4.69, 9.17) is 15.6 Å². The summed E-state index contributed by atoms with van der Waals surface area (Å²) in [5.41, 5.74) is 8.12. The molecule has 1 atom stereocenters. The summed E-state index contributed by atoms with van der Waals surface area (Å²) in [5, 5.41) is 20.5. The number of nitrogens with zero attached hydrogens (tertiary/aromatic N) is 1. The number of ether oxygens (including phenoxy) is 1. The minimum Gasteiger partial charge on any atom is -0.475 e. The van der Waals surface area contributed by atoms with Crippen molar-refractivity contribution in [2.24, 2.45) is 5.73 Å². The summed E-state index contributed by atoms with van der Waals surface area (Å²) in [6, 6.07) is 6.49. The molecule has 0 aliphatic rings. The molecule has 0 radical (unpaired) electrons. The van der Waals surface area contributed by atoms with Gasteiger partial charge in [0.25, 0.3) is 11.8 Å². The van der Waals surface area contributed by atoms with Gasteiger partial charge >= 0.3 is 18.1 Å². The number of esters is 1. The number of carbonyl (C=O) groups excluding carboxylic acids is 3. The van der Waals surface area contributed by atoms with Crippen molar-refractivity contribution in [3.63, 3.8) is 0 Å². The zero-order valence-corrected chi connectivity index (χ0v) is 21.3. The van der Waals surface area contributed by atoms with Crippen LogP contribution in [0.15, 0.2) is 30.5 Å². The Morgan fingerprint density at radius 3 is 2.42 bits per heavy atom. The van der Waals surface area contributed by atoms with Gasteiger partial charge in [-0.3, -0.25) is 14.7 Å². The van der Waals surface area contributed by atoms with Crippen LogP contribution in [0, 0.1) is 0 Å². The lowest BCUT2D eigenvalue weighted by Gasteiger charge is -2.15. The SMILES string of the molecule is COC(=O)[C@H](CN)NC(=O)c1sc(C(=O)NCc2cccc3[nH]ncc23)cc1C(C)C.O=C(O)C(F)(F)F. The predicted octanol–water partition coefficient (Wildman–Crippen LogP) is 2.54. The Bertz CT molecular complexity index is 1300. The summed E-state index contributed by atoms with van der Waals surface area (Å²) in [6.45, 7) is 4.10. The molecule has 0 saturated heterocycles. The molecule has 15 heteroatoms. The molecule has 0 aliphatic carbocycles. The van der Waals surface area contributed by atoms with Crippen LogP contribution in [0.25, 0.3) is 10.9 Å². The predicted molar refractivity (Wildman–Crippen MR) is 132 cm³/mol. The lowest BCUT2D eigenvalue weighted by molar-refractivity contribution is -0.192. The van der Waals surface area contributed by atoms with Gasteiger partial charge in [-0.15, -0.1) is 11.3 Å². The van der Waals surface area contributed by atoms with E-state index in [-0.39, 0.29) is 18.4 Å². The van der Waals surface area contributed by atoms with Gasteiger partial charge in [-0.1, -0.05) is 26.0 Å². The van der Waals surface area contributed by atoms with Gasteiger partial charge in [0.05, 0.1) is 28.6 Å². The van der Waals surface area contributed by atoms with Gasteiger partial charge in [0, 0.05) is 18.5 Å². The molecule has 0 spiro atoms. The molecular weight excluding hydrogens is 531 g/mol. The summed E-state index contributed by atoms with van der Waals surface area (Å²) in [4.78, 5) is 47.0. The number of amides is 2. The average molecular weight is 558 g/mol. The molecule has 11 nitrogen and oxygen atoms in total. The van der Waals surface area contributed by atoms with Crippen LogP contribution in [-0.4, -0.2) is 64.9 Å². The van der Waals surface area contributed by atoms with E-state index in [1.165, 1.54) is 7.11 Å². The van der Waals surface area contributed by atoms with E-state index in [0.29, 0.717) is 16.3 Å². The van der Waals surface area contributed by atoms with E-state index < -0.39 is 30.1 Å². The van der Waals surface area contributed by atoms with E-state index in [2.05, 4.69) is 25.6 Å². The first kappa shape index (κ1) is 30.2. The third-order valence-corrected chi connectivity index (χ3v) is 6.24. The van der Waals surface area contributed by atoms with E-state index in [0.717, 1.165) is 33.4 Å². The maximum absolute atomic E-state index is 12.8. The van der Waals surface area contributed by atoms with Crippen LogP contribution in [0.5, 0.6) is 0 Å². The second kappa shape index (κ2) is 13.0. The highest BCUT2D eigenvalue weighted by molar-refractivity contribution is 7.16. The highest BCUT2D eigenvalue weighted by atomic mass is 32.1. The Hall–Kier alpha value is -3.98. The Kier molecular flexibility index (Phi) is 10.4. The third-order valence-electron chi connectivity index (χ3n) is 5.10. The largest absolute Gasteiger partial charge is 0.490 e. The Balaban J connectivity index is 0.000000638. The van der Waals surface area contributed by atoms with Crippen molar-refractivity contribution in [1.82, 2.24) is 20.8 Å². The van der Waals surface area contributed by atoms with Crippen molar-refractivity contribution in [2.45, 2.75) is 38.5 Å². The number of rotatable bonds is 8. The fourth-order valence-corrected chi connectivity index (χ4v) is 4.28. The molecule has 0 unspecified atom stereocenters. The third kappa shape index (κ3) is 7.76. The molecule has 6 N–H and O–H groups in total. The average Bonchev–Trinajstić information content (AvgIpc) is 3.53. The van der Waals surface area contributed by atoms with Crippen LogP contribution >= 0.6 is 11.3 Å². The Morgan fingerprint density at radius 1 is 1.21 bits per heavy atom. The molecule has 3 aromatic rings. The van der Waals surface area contributed by atoms with Crippen molar-refractivity contribution in [1.29, 1.82) is 0 Å². The number of thiophene rings is 1. The lowest BCUT2D eigenvalue weighted by atomic mass is 10.0. The topological polar surface area (TPSA) is 176 Å². The standard InChI is InChI=1S/C21H25N5O4S.C2HF3O2/c1-11(2)13-7-17(31-18(13)20(28)25-16(8-22)21(29)30-3)19(27)23-9-12-5-4-6-15-14(12)10-24-26-15;3-2(4,5)1(6)7/h4-7,10-11,16H,8-9,22H2,1-3H3,(H,23,27)(H,24,26)(H,25,28);(H,6,7)/t16-;/m0./s1. The van der Waals surface area contributed by atoms with Crippen molar-refractivity contribution >= 4 is 46.0 Å². The number of carbonyl (C=O) groups is 4. The number of halogens is 3. The molecule has 0 aliphatic heterocycles. The van der Waals surface area contributed by atoms with E-state index in [9.17, 15) is 27.6 Å². The lowest BCUT2D eigenvalue weighted by Crippen LogP contribution is -2.46. The number of carboxylic acid groups (broad SMARTS) is 1. The van der Waals surface area contributed by atoms with Crippen molar-refractivity contribution in [3.8, 4) is 0 Å². The minimum atomic E-state index is -5.08. The van der Waals surface area contributed by atoms with Gasteiger partial charge < -0.3 is 26.2 Å². The first-order valence-corrected chi connectivity index (χ1v) is 11.8. The Labute approximate surface area is 218 Å². The summed E-state index contributed by atoms with van der Waals surface area (Å²) in [6.07, 6.45) is -3.36. The van der Waals surface area contributed by atoms with Gasteiger partial charge in [0.1, 0.15) is 6.04 Å². The number of aromatic nitrogens is 2. The number of fused-ring (bicyclic) bond motifs is 1. The molecule has 2 aromatic heterocycles. The van der Waals surface area contributed by atoms with E-state index in [1.807, 2.05) is 32.0 Å². The second-order valence-corrected chi connectivity index (χ2v) is 9.12. The maximum Gasteiger partial charge on any atom is 0.490 e. The van der Waals surface area contributed by atoms with Crippen LogP contribution in [0.4, 0.5) is 13.2 Å². The number of alkyl halides is 3. The number of aromatic amines is 1. The number of nitrogens with two attached hydrogens (primary N) is 1. The summed E-state index contributed by atoms with van der Waals surface area (Å²) in [7, 11) is 1.23. The molecule has 38 heavy (non-hydrogen) atoms. The molecule has 2 heterocycles. The van der Waals surface area contributed by atoms with Crippen molar-refractivity contribution in [2.75, 3.05) is 13.7 Å². The van der Waals surface area contributed by atoms with Crippen LogP contribution in [0.3, 0.4) is 0 Å².